The van der Waals surface area contributed by atoms with Crippen LogP contribution >= 0.6 is 11.6 Å². The summed E-state index contributed by atoms with van der Waals surface area (Å²) in [7, 11) is 1.65. The molecule has 1 heterocycles. The third-order valence-electron chi connectivity index (χ3n) is 5.01. The number of carboxylic acid groups (broad SMARTS) is 1. The van der Waals surface area contributed by atoms with Gasteiger partial charge in [0, 0.05) is 29.8 Å². The van der Waals surface area contributed by atoms with Gasteiger partial charge in [-0.15, -0.1) is 0 Å². The Labute approximate surface area is 210 Å². The van der Waals surface area contributed by atoms with E-state index in [4.69, 9.17) is 16.3 Å². The predicted octanol–water partition coefficient (Wildman–Crippen LogP) is 1.34. The van der Waals surface area contributed by atoms with Crippen molar-refractivity contribution in [3.63, 3.8) is 0 Å². The van der Waals surface area contributed by atoms with Crippen LogP contribution in [0.2, 0.25) is 5.02 Å². The van der Waals surface area contributed by atoms with Crippen molar-refractivity contribution in [2.45, 2.75) is 31.7 Å². The summed E-state index contributed by atoms with van der Waals surface area (Å²) in [6.07, 6.45) is 7.65. The minimum absolute atomic E-state index is 0. The summed E-state index contributed by atoms with van der Waals surface area (Å²) in [5.41, 5.74) is 3.09. The second-order valence-electron chi connectivity index (χ2n) is 7.04. The minimum Gasteiger partial charge on any atom is -0.550 e. The molecule has 5 nitrogen and oxygen atoms in total. The maximum atomic E-state index is 11.1. The van der Waals surface area contributed by atoms with Crippen LogP contribution in [0.5, 0.6) is 5.75 Å². The minimum atomic E-state index is -1.10. The van der Waals surface area contributed by atoms with Crippen LogP contribution in [0.3, 0.4) is 0 Å². The first-order valence-corrected chi connectivity index (χ1v) is 10.2. The fourth-order valence-electron chi connectivity index (χ4n) is 3.39. The fourth-order valence-corrected chi connectivity index (χ4v) is 3.52. The Balaban J connectivity index is 0.00000341. The second kappa shape index (κ2) is 12.7. The molecular formula is C24H24ClN2NaO3. The Bertz CT molecular complexity index is 971. The van der Waals surface area contributed by atoms with Gasteiger partial charge in [-0.25, -0.2) is 0 Å². The summed E-state index contributed by atoms with van der Waals surface area (Å²) in [6.45, 7) is 0. The van der Waals surface area contributed by atoms with E-state index in [1.165, 1.54) is 5.56 Å². The van der Waals surface area contributed by atoms with Gasteiger partial charge in [0.1, 0.15) is 5.75 Å². The first-order chi connectivity index (χ1) is 14.5. The molecule has 7 heteroatoms. The van der Waals surface area contributed by atoms with Crippen LogP contribution in [0.25, 0.3) is 5.57 Å². The van der Waals surface area contributed by atoms with Crippen molar-refractivity contribution < 1.29 is 44.2 Å². The third kappa shape index (κ3) is 7.86. The number of carbonyl (C=O) groups excluding carboxylic acids is 1. The van der Waals surface area contributed by atoms with Crippen LogP contribution < -0.4 is 39.4 Å². The number of carboxylic acids is 1. The molecule has 0 radical (unpaired) electrons. The second-order valence-corrected chi connectivity index (χ2v) is 7.48. The average Bonchev–Trinajstić information content (AvgIpc) is 3.29. The molecule has 0 aliphatic carbocycles. The Hall–Kier alpha value is -2.05. The van der Waals surface area contributed by atoms with Crippen LogP contribution in [-0.2, 0) is 11.2 Å². The van der Waals surface area contributed by atoms with Gasteiger partial charge in [0.05, 0.1) is 13.2 Å². The van der Waals surface area contributed by atoms with Gasteiger partial charge in [0.2, 0.25) is 0 Å². The molecule has 0 aliphatic rings. The first kappa shape index (κ1) is 25.2. The summed E-state index contributed by atoms with van der Waals surface area (Å²) in [6, 6.07) is 17.4. The number of halogens is 1. The van der Waals surface area contributed by atoms with Gasteiger partial charge in [-0.1, -0.05) is 41.9 Å². The maximum Gasteiger partial charge on any atom is 1.00 e. The Morgan fingerprint density at radius 3 is 2.48 bits per heavy atom. The number of allylic oxidation sites excluding steroid dienone is 1. The number of hydrogen-bond acceptors (Lipinski definition) is 4. The Morgan fingerprint density at radius 2 is 1.90 bits per heavy atom. The van der Waals surface area contributed by atoms with Crippen LogP contribution in [0.1, 0.15) is 36.4 Å². The summed E-state index contributed by atoms with van der Waals surface area (Å²) in [5.74, 6) is -0.270. The number of ether oxygens (including phenoxy) is 1. The van der Waals surface area contributed by atoms with Crippen LogP contribution in [0.15, 0.2) is 73.1 Å². The largest absolute Gasteiger partial charge is 1.00 e. The molecule has 1 atom stereocenters. The molecule has 3 aromatic rings. The number of rotatable bonds is 10. The molecule has 0 amide bonds. The maximum absolute atomic E-state index is 11.1. The molecule has 0 spiro atoms. The molecule has 0 saturated carbocycles. The van der Waals surface area contributed by atoms with Crippen molar-refractivity contribution >= 4 is 23.1 Å². The molecule has 1 aromatic heterocycles. The zero-order valence-electron chi connectivity index (χ0n) is 17.8. The Morgan fingerprint density at radius 1 is 1.19 bits per heavy atom. The number of benzene rings is 2. The van der Waals surface area contributed by atoms with E-state index in [0.717, 1.165) is 29.7 Å². The molecule has 1 unspecified atom stereocenters. The van der Waals surface area contributed by atoms with Crippen molar-refractivity contribution in [2.75, 3.05) is 7.11 Å². The van der Waals surface area contributed by atoms with E-state index < -0.39 is 5.97 Å². The van der Waals surface area contributed by atoms with Gasteiger partial charge >= 0.3 is 29.6 Å². The Kier molecular flexibility index (Phi) is 10.3. The van der Waals surface area contributed by atoms with Crippen molar-refractivity contribution in [1.82, 2.24) is 9.78 Å². The monoisotopic (exact) mass is 446 g/mol. The number of carbonyl (C=O) groups is 1. The van der Waals surface area contributed by atoms with Gasteiger partial charge in [-0.3, -0.25) is 4.68 Å². The number of methoxy groups -OCH3 is 1. The number of aromatic nitrogens is 2. The van der Waals surface area contributed by atoms with Crippen molar-refractivity contribution in [1.29, 1.82) is 0 Å². The normalized spacial score (nSPS) is 12.1. The van der Waals surface area contributed by atoms with E-state index in [1.807, 2.05) is 53.3 Å². The number of aryl methyl sites for hydroxylation is 1. The number of aliphatic carboxylic acids is 1. The van der Waals surface area contributed by atoms with E-state index in [-0.39, 0.29) is 42.0 Å². The molecule has 3 rings (SSSR count). The van der Waals surface area contributed by atoms with Gasteiger partial charge < -0.3 is 14.6 Å². The van der Waals surface area contributed by atoms with E-state index >= 15 is 0 Å². The van der Waals surface area contributed by atoms with Gasteiger partial charge in [-0.2, -0.15) is 5.10 Å². The number of hydrogen-bond donors (Lipinski definition) is 0. The molecule has 0 bridgehead atoms. The molecule has 156 valence electrons. The van der Waals surface area contributed by atoms with E-state index in [9.17, 15) is 9.90 Å². The van der Waals surface area contributed by atoms with Crippen LogP contribution in [-0.4, -0.2) is 22.9 Å². The fraction of sp³-hybridized carbons (Fsp3) is 0.250. The summed E-state index contributed by atoms with van der Waals surface area (Å²) in [4.78, 5) is 11.1. The van der Waals surface area contributed by atoms with Gasteiger partial charge in [0.15, 0.2) is 0 Å². The zero-order valence-corrected chi connectivity index (χ0v) is 20.6. The molecular weight excluding hydrogens is 423 g/mol. The van der Waals surface area contributed by atoms with Gasteiger partial charge in [-0.05, 0) is 66.3 Å². The quantitative estimate of drug-likeness (QED) is 0.441. The third-order valence-corrected chi connectivity index (χ3v) is 5.26. The SMILES string of the molecule is COc1ccc(CCC(C/C(=C\CC(=O)[O-])c2ccc(Cl)cc2)n2cccn2)cc1.[Na+]. The van der Waals surface area contributed by atoms with E-state index in [1.54, 1.807) is 19.4 Å². The first-order valence-electron chi connectivity index (χ1n) is 9.82. The van der Waals surface area contributed by atoms with Crippen LogP contribution in [0, 0.1) is 0 Å². The van der Waals surface area contributed by atoms with Crippen molar-refractivity contribution in [3.05, 3.63) is 89.2 Å². The van der Waals surface area contributed by atoms with Gasteiger partial charge in [0.25, 0.3) is 0 Å². The van der Waals surface area contributed by atoms with E-state index in [2.05, 4.69) is 17.2 Å². The molecule has 0 saturated heterocycles. The van der Waals surface area contributed by atoms with Crippen molar-refractivity contribution in [2.24, 2.45) is 0 Å². The van der Waals surface area contributed by atoms with Crippen molar-refractivity contribution in [3.8, 4) is 5.75 Å². The smallest absolute Gasteiger partial charge is 0.550 e. The number of nitrogens with zero attached hydrogens (tertiary/aromatic N) is 2. The zero-order chi connectivity index (χ0) is 21.3. The summed E-state index contributed by atoms with van der Waals surface area (Å²) < 4.78 is 7.16. The molecule has 2 aromatic carbocycles. The summed E-state index contributed by atoms with van der Waals surface area (Å²) >= 11 is 6.02. The predicted molar refractivity (Wildman–Crippen MR) is 116 cm³/mol. The van der Waals surface area contributed by atoms with Crippen LogP contribution in [0.4, 0.5) is 0 Å². The van der Waals surface area contributed by atoms with E-state index in [0.29, 0.717) is 11.4 Å². The standard InChI is InChI=1S/C24H25ClN2O3.Na/c1-30-23-12-4-18(5-13-23)3-11-22(27-16-2-15-26-27)17-20(8-14-24(28)29)19-6-9-21(25)10-7-19;/h2,4-10,12-13,15-16,22H,3,11,14,17H2,1H3,(H,28,29);/q;+1/p-1/b20-8+;. The average molecular weight is 447 g/mol. The topological polar surface area (TPSA) is 67.2 Å². The molecule has 0 aliphatic heterocycles. The molecule has 0 fully saturated rings. The summed E-state index contributed by atoms with van der Waals surface area (Å²) in [5, 5.41) is 16.1. The molecule has 0 N–H and O–H groups in total. The molecule has 31 heavy (non-hydrogen) atoms.